The van der Waals surface area contributed by atoms with Crippen molar-refractivity contribution in [3.05, 3.63) is 65.7 Å². The molecule has 1 saturated heterocycles. The molecule has 0 amide bonds. The third-order valence-corrected chi connectivity index (χ3v) is 6.12. The number of hydrogen-bond donors (Lipinski definition) is 0. The number of methoxy groups -OCH3 is 2. The van der Waals surface area contributed by atoms with Crippen molar-refractivity contribution >= 4 is 11.4 Å². The average molecular weight is 363 g/mol. The number of fused-ring (bicyclic) bond motifs is 1. The second-order valence-electron chi connectivity index (χ2n) is 7.38. The van der Waals surface area contributed by atoms with Crippen molar-refractivity contribution in [2.24, 2.45) is 0 Å². The zero-order valence-corrected chi connectivity index (χ0v) is 16.1. The Labute approximate surface area is 160 Å². The van der Waals surface area contributed by atoms with Gasteiger partial charge in [0.2, 0.25) is 0 Å². The second kappa shape index (κ2) is 6.86. The highest BCUT2D eigenvalue weighted by Gasteiger charge is 2.52. The molecule has 27 heavy (non-hydrogen) atoms. The van der Waals surface area contributed by atoms with E-state index < -0.39 is 0 Å². The third kappa shape index (κ3) is 2.76. The number of likely N-dealkylation sites (N-methyl/N-ethyl adjacent to an activating group) is 1. The van der Waals surface area contributed by atoms with E-state index in [4.69, 9.17) is 9.47 Å². The van der Waals surface area contributed by atoms with Gasteiger partial charge in [-0.2, -0.15) is 0 Å². The minimum absolute atomic E-state index is 0.142. The van der Waals surface area contributed by atoms with Crippen LogP contribution in [0.25, 0.3) is 5.57 Å². The highest BCUT2D eigenvalue weighted by Crippen LogP contribution is 2.53. The first kappa shape index (κ1) is 17.8. The molecule has 0 bridgehead atoms. The first-order chi connectivity index (χ1) is 13.1. The van der Waals surface area contributed by atoms with Gasteiger partial charge in [0.15, 0.2) is 17.3 Å². The van der Waals surface area contributed by atoms with Gasteiger partial charge in [0, 0.05) is 17.9 Å². The van der Waals surface area contributed by atoms with Crippen LogP contribution in [0.3, 0.4) is 0 Å². The van der Waals surface area contributed by atoms with Gasteiger partial charge in [0.25, 0.3) is 0 Å². The quantitative estimate of drug-likeness (QED) is 0.830. The number of carbonyl (C=O) groups excluding carboxylic acids is 1. The number of likely N-dealkylation sites (tertiary alicyclic amines) is 1. The average Bonchev–Trinajstić information content (AvgIpc) is 3.05. The third-order valence-electron chi connectivity index (χ3n) is 6.12. The molecular weight excluding hydrogens is 338 g/mol. The normalized spacial score (nSPS) is 25.1. The molecular formula is C23H25NO3. The van der Waals surface area contributed by atoms with Gasteiger partial charge in [-0.15, -0.1) is 0 Å². The van der Waals surface area contributed by atoms with Crippen LogP contribution in [0.15, 0.2) is 54.6 Å². The summed E-state index contributed by atoms with van der Waals surface area (Å²) in [6.45, 7) is 0.955. The Bertz CT molecular complexity index is 890. The molecule has 0 spiro atoms. The summed E-state index contributed by atoms with van der Waals surface area (Å²) in [7, 11) is 5.43. The minimum Gasteiger partial charge on any atom is -0.493 e. The molecule has 0 aromatic heterocycles. The monoisotopic (exact) mass is 363 g/mol. The summed E-state index contributed by atoms with van der Waals surface area (Å²) in [4.78, 5) is 14.9. The molecule has 0 N–H and O–H groups in total. The zero-order valence-electron chi connectivity index (χ0n) is 16.1. The molecule has 4 rings (SSSR count). The van der Waals surface area contributed by atoms with E-state index in [2.05, 4.69) is 36.2 Å². The number of nitrogens with zero attached hydrogens (tertiary/aromatic N) is 1. The fourth-order valence-corrected chi connectivity index (χ4v) is 4.80. The molecule has 2 aromatic rings. The minimum atomic E-state index is -0.233. The van der Waals surface area contributed by atoms with E-state index in [0.29, 0.717) is 6.42 Å². The number of allylic oxidation sites excluding steroid dienone is 1. The maximum Gasteiger partial charge on any atom is 0.161 e. The van der Waals surface area contributed by atoms with Crippen LogP contribution in [0.2, 0.25) is 0 Å². The smallest absolute Gasteiger partial charge is 0.161 e. The highest BCUT2D eigenvalue weighted by molar-refractivity contribution is 6.02. The van der Waals surface area contributed by atoms with E-state index in [1.807, 2.05) is 30.3 Å². The molecule has 1 fully saturated rings. The fourth-order valence-electron chi connectivity index (χ4n) is 4.80. The molecule has 1 aliphatic carbocycles. The van der Waals surface area contributed by atoms with Crippen LogP contribution in [0.1, 0.15) is 24.0 Å². The Morgan fingerprint density at radius 1 is 1.04 bits per heavy atom. The van der Waals surface area contributed by atoms with E-state index in [0.717, 1.165) is 35.6 Å². The molecule has 0 radical (unpaired) electrons. The molecule has 4 nitrogen and oxygen atoms in total. The van der Waals surface area contributed by atoms with Crippen molar-refractivity contribution in [3.8, 4) is 11.5 Å². The number of rotatable bonds is 4. The Morgan fingerprint density at radius 2 is 1.78 bits per heavy atom. The number of hydrogen-bond acceptors (Lipinski definition) is 4. The summed E-state index contributed by atoms with van der Waals surface area (Å²) in [5, 5.41) is 0. The maximum atomic E-state index is 12.6. The van der Waals surface area contributed by atoms with Crippen LogP contribution in [-0.2, 0) is 10.2 Å². The summed E-state index contributed by atoms with van der Waals surface area (Å²) in [6.07, 6.45) is 3.38. The Morgan fingerprint density at radius 3 is 2.48 bits per heavy atom. The van der Waals surface area contributed by atoms with E-state index in [1.165, 1.54) is 5.56 Å². The number of benzene rings is 2. The summed E-state index contributed by atoms with van der Waals surface area (Å²) in [5.74, 6) is 1.64. The van der Waals surface area contributed by atoms with Crippen molar-refractivity contribution in [1.82, 2.24) is 4.90 Å². The van der Waals surface area contributed by atoms with Gasteiger partial charge in [0.1, 0.15) is 0 Å². The van der Waals surface area contributed by atoms with Gasteiger partial charge >= 0.3 is 0 Å². The van der Waals surface area contributed by atoms with E-state index in [9.17, 15) is 4.79 Å². The lowest BCUT2D eigenvalue weighted by Gasteiger charge is -2.42. The summed E-state index contributed by atoms with van der Waals surface area (Å²) < 4.78 is 11.0. The van der Waals surface area contributed by atoms with Crippen molar-refractivity contribution in [1.29, 1.82) is 0 Å². The van der Waals surface area contributed by atoms with Gasteiger partial charge in [-0.3, -0.25) is 4.79 Å². The Kier molecular flexibility index (Phi) is 4.52. The number of ketones is 1. The first-order valence-electron chi connectivity index (χ1n) is 9.33. The maximum absolute atomic E-state index is 12.6. The molecule has 140 valence electrons. The van der Waals surface area contributed by atoms with Crippen molar-refractivity contribution in [2.45, 2.75) is 24.3 Å². The van der Waals surface area contributed by atoms with Crippen LogP contribution >= 0.6 is 0 Å². The lowest BCUT2D eigenvalue weighted by Crippen LogP contribution is -2.46. The van der Waals surface area contributed by atoms with Gasteiger partial charge in [-0.25, -0.2) is 0 Å². The summed E-state index contributed by atoms with van der Waals surface area (Å²) in [5.41, 5.74) is 3.17. The van der Waals surface area contributed by atoms with Crippen LogP contribution in [0.5, 0.6) is 11.5 Å². The molecule has 2 aromatic carbocycles. The van der Waals surface area contributed by atoms with Crippen molar-refractivity contribution in [3.63, 3.8) is 0 Å². The van der Waals surface area contributed by atoms with Gasteiger partial charge < -0.3 is 14.4 Å². The lowest BCUT2D eigenvalue weighted by molar-refractivity contribution is -0.116. The molecule has 2 unspecified atom stereocenters. The van der Waals surface area contributed by atoms with Crippen LogP contribution in [0.4, 0.5) is 0 Å². The molecule has 0 saturated carbocycles. The standard InChI is InChI=1S/C23H25NO3/c1-24-12-11-23(17-9-10-20(26-2)21(13-17)27-3)19(14-18(25)15-22(23)24)16-7-5-4-6-8-16/h4-10,13-14,22H,11-12,15H2,1-3H3. The first-order valence-corrected chi connectivity index (χ1v) is 9.33. The van der Waals surface area contributed by atoms with E-state index in [1.54, 1.807) is 14.2 Å². The molecule has 1 heterocycles. The topological polar surface area (TPSA) is 38.8 Å². The SMILES string of the molecule is COc1ccc(C23CCN(C)C2CC(=O)C=C3c2ccccc2)cc1OC. The summed E-state index contributed by atoms with van der Waals surface area (Å²) >= 11 is 0. The summed E-state index contributed by atoms with van der Waals surface area (Å²) in [6, 6.07) is 16.6. The number of carbonyl (C=O) groups is 1. The van der Waals surface area contributed by atoms with Crippen LogP contribution in [0, 0.1) is 0 Å². The van der Waals surface area contributed by atoms with Gasteiger partial charge in [0.05, 0.1) is 14.2 Å². The van der Waals surface area contributed by atoms with E-state index >= 15 is 0 Å². The molecule has 1 aliphatic heterocycles. The highest BCUT2D eigenvalue weighted by atomic mass is 16.5. The second-order valence-corrected chi connectivity index (χ2v) is 7.38. The Balaban J connectivity index is 1.95. The lowest BCUT2D eigenvalue weighted by atomic mass is 9.63. The van der Waals surface area contributed by atoms with Crippen LogP contribution in [-0.4, -0.2) is 44.5 Å². The molecule has 2 atom stereocenters. The van der Waals surface area contributed by atoms with Gasteiger partial charge in [-0.05, 0) is 54.9 Å². The predicted octanol–water partition coefficient (Wildman–Crippen LogP) is 3.70. The predicted molar refractivity (Wildman–Crippen MR) is 106 cm³/mol. The fraction of sp³-hybridized carbons (Fsp3) is 0.348. The van der Waals surface area contributed by atoms with Crippen molar-refractivity contribution < 1.29 is 14.3 Å². The Hall–Kier alpha value is -2.59. The largest absolute Gasteiger partial charge is 0.493 e. The van der Waals surface area contributed by atoms with Crippen LogP contribution < -0.4 is 9.47 Å². The van der Waals surface area contributed by atoms with Crippen molar-refractivity contribution in [2.75, 3.05) is 27.8 Å². The molecule has 2 aliphatic rings. The van der Waals surface area contributed by atoms with E-state index in [-0.39, 0.29) is 17.2 Å². The zero-order chi connectivity index (χ0) is 19.0. The van der Waals surface area contributed by atoms with Gasteiger partial charge in [-0.1, -0.05) is 36.4 Å². The number of ether oxygens (including phenoxy) is 2. The molecule has 4 heteroatoms.